The summed E-state index contributed by atoms with van der Waals surface area (Å²) in [6.45, 7) is 6.09. The lowest BCUT2D eigenvalue weighted by Crippen LogP contribution is -2.39. The normalized spacial score (nSPS) is 19.6. The highest BCUT2D eigenvalue weighted by Crippen LogP contribution is 2.30. The minimum Gasteiger partial charge on any atom is -0.466 e. The van der Waals surface area contributed by atoms with E-state index in [0.717, 1.165) is 17.2 Å². The van der Waals surface area contributed by atoms with Gasteiger partial charge in [-0.3, -0.25) is 9.59 Å². The van der Waals surface area contributed by atoms with Gasteiger partial charge in [-0.25, -0.2) is 9.50 Å². The summed E-state index contributed by atoms with van der Waals surface area (Å²) in [7, 11) is 0. The third kappa shape index (κ3) is 3.07. The minimum absolute atomic E-state index is 0.0896. The van der Waals surface area contributed by atoms with Gasteiger partial charge in [-0.15, -0.1) is 0 Å². The number of aromatic nitrogens is 3. The zero-order chi connectivity index (χ0) is 19.1. The molecule has 140 valence electrons. The molecule has 3 aromatic heterocycles. The average Bonchev–Trinajstić information content (AvgIpc) is 3.33. The maximum absolute atomic E-state index is 13.1. The van der Waals surface area contributed by atoms with Crippen LogP contribution in [0.15, 0.2) is 35.0 Å². The van der Waals surface area contributed by atoms with Crippen molar-refractivity contribution in [2.24, 2.45) is 0 Å². The topological polar surface area (TPSA) is 92.7 Å². The predicted octanol–water partition coefficient (Wildman–Crippen LogP) is 1.68. The molecule has 0 saturated carbocycles. The number of carbonyl (C=O) groups is 2. The highest BCUT2D eigenvalue weighted by Gasteiger charge is 2.39. The quantitative estimate of drug-likeness (QED) is 0.760. The van der Waals surface area contributed by atoms with Crippen molar-refractivity contribution >= 4 is 17.5 Å². The van der Waals surface area contributed by atoms with Gasteiger partial charge in [0.25, 0.3) is 5.91 Å². The molecule has 4 heterocycles. The molecule has 4 rings (SSSR count). The van der Waals surface area contributed by atoms with Gasteiger partial charge in [-0.1, -0.05) is 0 Å². The van der Waals surface area contributed by atoms with Crippen molar-refractivity contribution in [3.63, 3.8) is 0 Å². The van der Waals surface area contributed by atoms with Crippen LogP contribution < -0.4 is 5.32 Å². The van der Waals surface area contributed by atoms with E-state index in [4.69, 9.17) is 4.42 Å². The smallest absolute Gasteiger partial charge is 0.257 e. The van der Waals surface area contributed by atoms with Crippen molar-refractivity contribution in [2.45, 2.75) is 32.7 Å². The van der Waals surface area contributed by atoms with Gasteiger partial charge in [0.1, 0.15) is 11.5 Å². The highest BCUT2D eigenvalue weighted by atomic mass is 16.3. The number of furan rings is 1. The molecule has 1 saturated heterocycles. The molecule has 1 aliphatic heterocycles. The van der Waals surface area contributed by atoms with Crippen LogP contribution in [-0.4, -0.2) is 50.4 Å². The zero-order valence-corrected chi connectivity index (χ0v) is 15.5. The van der Waals surface area contributed by atoms with E-state index in [-0.39, 0.29) is 23.8 Å². The van der Waals surface area contributed by atoms with Crippen molar-refractivity contribution in [3.8, 4) is 0 Å². The Morgan fingerprint density at radius 1 is 1.22 bits per heavy atom. The Hall–Kier alpha value is -3.16. The van der Waals surface area contributed by atoms with E-state index in [2.05, 4.69) is 15.4 Å². The molecule has 0 unspecified atom stereocenters. The molecule has 0 aliphatic carbocycles. The van der Waals surface area contributed by atoms with Crippen LogP contribution >= 0.6 is 0 Å². The van der Waals surface area contributed by atoms with Crippen LogP contribution in [0.25, 0.3) is 5.65 Å². The number of aryl methyl sites for hydroxylation is 2. The van der Waals surface area contributed by atoms with Gasteiger partial charge in [-0.2, -0.15) is 5.10 Å². The second-order valence-corrected chi connectivity index (χ2v) is 6.93. The van der Waals surface area contributed by atoms with Crippen molar-refractivity contribution in [1.29, 1.82) is 0 Å². The summed E-state index contributed by atoms with van der Waals surface area (Å²) >= 11 is 0. The molecule has 1 aliphatic rings. The molecule has 1 N–H and O–H groups in total. The molecular formula is C19H21N5O3. The van der Waals surface area contributed by atoms with Crippen molar-refractivity contribution in [2.75, 3.05) is 13.1 Å². The number of hydrogen-bond donors (Lipinski definition) is 1. The van der Waals surface area contributed by atoms with Crippen LogP contribution in [-0.2, 0) is 4.79 Å². The fourth-order valence-corrected chi connectivity index (χ4v) is 3.69. The second kappa shape index (κ2) is 6.53. The first-order chi connectivity index (χ1) is 12.9. The molecule has 27 heavy (non-hydrogen) atoms. The summed E-state index contributed by atoms with van der Waals surface area (Å²) < 4.78 is 7.42. The molecule has 0 aromatic carbocycles. The van der Waals surface area contributed by atoms with E-state index in [9.17, 15) is 9.59 Å². The molecular weight excluding hydrogens is 346 g/mol. The first-order valence-corrected chi connectivity index (χ1v) is 8.86. The molecule has 1 fully saturated rings. The van der Waals surface area contributed by atoms with Crippen LogP contribution in [0.1, 0.15) is 40.4 Å². The fraction of sp³-hybridized carbons (Fsp3) is 0.368. The Kier molecular flexibility index (Phi) is 4.18. The summed E-state index contributed by atoms with van der Waals surface area (Å²) in [5, 5.41) is 7.17. The molecule has 3 aromatic rings. The van der Waals surface area contributed by atoms with E-state index >= 15 is 0 Å². The Morgan fingerprint density at radius 3 is 2.74 bits per heavy atom. The number of rotatable bonds is 3. The zero-order valence-electron chi connectivity index (χ0n) is 15.5. The molecule has 0 spiro atoms. The third-order valence-corrected chi connectivity index (χ3v) is 5.01. The lowest BCUT2D eigenvalue weighted by atomic mass is 10.0. The van der Waals surface area contributed by atoms with Gasteiger partial charge in [0.15, 0.2) is 5.65 Å². The summed E-state index contributed by atoms with van der Waals surface area (Å²) in [4.78, 5) is 30.8. The van der Waals surface area contributed by atoms with Gasteiger partial charge in [0.05, 0.1) is 29.4 Å². The van der Waals surface area contributed by atoms with E-state index < -0.39 is 0 Å². The van der Waals surface area contributed by atoms with Crippen molar-refractivity contribution in [1.82, 2.24) is 24.8 Å². The Balaban J connectivity index is 1.63. The minimum atomic E-state index is -0.196. The molecule has 2 amide bonds. The van der Waals surface area contributed by atoms with E-state index in [1.54, 1.807) is 27.9 Å². The van der Waals surface area contributed by atoms with Crippen LogP contribution in [0.5, 0.6) is 0 Å². The molecule has 0 bridgehead atoms. The molecule has 8 heteroatoms. The monoisotopic (exact) mass is 367 g/mol. The van der Waals surface area contributed by atoms with Crippen LogP contribution in [0.4, 0.5) is 0 Å². The second-order valence-electron chi connectivity index (χ2n) is 6.93. The molecule has 2 atom stereocenters. The van der Waals surface area contributed by atoms with E-state index in [1.807, 2.05) is 26.0 Å². The standard InChI is InChI=1S/C19H21N5O3/c1-11-4-5-17(27-11)15-9-23(10-16(15)22-13(3)25)19(26)14-8-20-18-6-7-21-24(18)12(14)2/h4-8,15-16H,9-10H2,1-3H3,(H,22,25)/t15-,16-/m1/s1. The van der Waals surface area contributed by atoms with Gasteiger partial charge >= 0.3 is 0 Å². The van der Waals surface area contributed by atoms with Gasteiger partial charge < -0.3 is 14.6 Å². The summed E-state index contributed by atoms with van der Waals surface area (Å²) in [6.07, 6.45) is 3.24. The Labute approximate surface area is 156 Å². The van der Waals surface area contributed by atoms with Crippen LogP contribution in [0, 0.1) is 13.8 Å². The number of nitrogens with zero attached hydrogens (tertiary/aromatic N) is 4. The van der Waals surface area contributed by atoms with Crippen molar-refractivity contribution in [3.05, 3.63) is 53.4 Å². The number of amides is 2. The van der Waals surface area contributed by atoms with Crippen LogP contribution in [0.2, 0.25) is 0 Å². The van der Waals surface area contributed by atoms with Crippen LogP contribution in [0.3, 0.4) is 0 Å². The van der Waals surface area contributed by atoms with Gasteiger partial charge in [-0.05, 0) is 26.0 Å². The maximum atomic E-state index is 13.1. The number of fused-ring (bicyclic) bond motifs is 1. The van der Waals surface area contributed by atoms with Gasteiger partial charge in [0.2, 0.25) is 5.91 Å². The lowest BCUT2D eigenvalue weighted by molar-refractivity contribution is -0.119. The third-order valence-electron chi connectivity index (χ3n) is 5.01. The Bertz CT molecular complexity index is 1020. The molecule has 0 radical (unpaired) electrons. The summed E-state index contributed by atoms with van der Waals surface area (Å²) in [5.41, 5.74) is 1.94. The fourth-order valence-electron chi connectivity index (χ4n) is 3.69. The number of hydrogen-bond acceptors (Lipinski definition) is 5. The summed E-state index contributed by atoms with van der Waals surface area (Å²) in [5.74, 6) is 1.24. The SMILES string of the molecule is CC(=O)N[C@@H]1CN(C(=O)c2cnc3ccnn3c2C)C[C@H]1c1ccc(C)o1. The van der Waals surface area contributed by atoms with Gasteiger partial charge in [0, 0.05) is 32.3 Å². The lowest BCUT2D eigenvalue weighted by Gasteiger charge is -2.18. The predicted molar refractivity (Wildman–Crippen MR) is 97.4 cm³/mol. The maximum Gasteiger partial charge on any atom is 0.257 e. The first-order valence-electron chi connectivity index (χ1n) is 8.86. The Morgan fingerprint density at radius 2 is 2.04 bits per heavy atom. The largest absolute Gasteiger partial charge is 0.466 e. The van der Waals surface area contributed by atoms with Crippen molar-refractivity contribution < 1.29 is 14.0 Å². The summed E-state index contributed by atoms with van der Waals surface area (Å²) in [6, 6.07) is 5.40. The number of likely N-dealkylation sites (tertiary alicyclic amines) is 1. The first kappa shape index (κ1) is 17.3. The number of carbonyl (C=O) groups excluding carboxylic acids is 2. The van der Waals surface area contributed by atoms with E-state index in [1.165, 1.54) is 6.92 Å². The average molecular weight is 367 g/mol. The highest BCUT2D eigenvalue weighted by molar-refractivity contribution is 5.95. The number of nitrogens with one attached hydrogen (secondary N) is 1. The molecule has 8 nitrogen and oxygen atoms in total. The van der Waals surface area contributed by atoms with E-state index in [0.29, 0.717) is 24.3 Å².